The van der Waals surface area contributed by atoms with Gasteiger partial charge in [0.2, 0.25) is 0 Å². The van der Waals surface area contributed by atoms with E-state index >= 15 is 0 Å². The average molecular weight is 301 g/mol. The molecule has 3 rings (SSSR count). The number of aromatic nitrogens is 1. The number of hydrogen-bond acceptors (Lipinski definition) is 2. The fourth-order valence-electron chi connectivity index (χ4n) is 2.34. The van der Waals surface area contributed by atoms with Crippen molar-refractivity contribution >= 4 is 22.5 Å². The second-order valence-corrected chi connectivity index (χ2v) is 5.36. The van der Waals surface area contributed by atoms with Crippen LogP contribution in [0.4, 0.5) is 4.39 Å². The van der Waals surface area contributed by atoms with E-state index in [1.807, 2.05) is 36.4 Å². The minimum atomic E-state index is -0.407. The van der Waals surface area contributed by atoms with Crippen LogP contribution in [0.5, 0.6) is 0 Å². The van der Waals surface area contributed by atoms with E-state index in [0.29, 0.717) is 12.0 Å². The molecule has 2 N–H and O–H groups in total. The molecule has 0 saturated carbocycles. The van der Waals surface area contributed by atoms with Crippen LogP contribution in [0.2, 0.25) is 5.02 Å². The van der Waals surface area contributed by atoms with Gasteiger partial charge < -0.3 is 5.73 Å². The summed E-state index contributed by atoms with van der Waals surface area (Å²) >= 11 is 5.79. The van der Waals surface area contributed by atoms with Crippen molar-refractivity contribution in [3.63, 3.8) is 0 Å². The van der Waals surface area contributed by atoms with E-state index in [0.717, 1.165) is 16.6 Å². The number of hydrogen-bond donors (Lipinski definition) is 1. The van der Waals surface area contributed by atoms with E-state index in [9.17, 15) is 4.39 Å². The largest absolute Gasteiger partial charge is 0.322 e. The molecule has 0 spiro atoms. The molecule has 106 valence electrons. The van der Waals surface area contributed by atoms with Crippen LogP contribution in [0.1, 0.15) is 17.3 Å². The normalized spacial score (nSPS) is 12.5. The summed E-state index contributed by atoms with van der Waals surface area (Å²) in [4.78, 5) is 4.54. The molecule has 0 aliphatic carbocycles. The van der Waals surface area contributed by atoms with Crippen molar-refractivity contribution in [2.45, 2.75) is 12.5 Å². The quantitative estimate of drug-likeness (QED) is 0.784. The molecule has 2 nitrogen and oxygen atoms in total. The van der Waals surface area contributed by atoms with Crippen molar-refractivity contribution in [1.82, 2.24) is 4.98 Å². The molecule has 0 aliphatic rings. The van der Waals surface area contributed by atoms with Crippen molar-refractivity contribution in [2.24, 2.45) is 5.73 Å². The highest BCUT2D eigenvalue weighted by molar-refractivity contribution is 6.30. The summed E-state index contributed by atoms with van der Waals surface area (Å²) in [5.41, 5.74) is 8.30. The van der Waals surface area contributed by atoms with Gasteiger partial charge in [-0.2, -0.15) is 0 Å². The Labute approximate surface area is 127 Å². The summed E-state index contributed by atoms with van der Waals surface area (Å²) < 4.78 is 13.9. The fraction of sp³-hybridized carbons (Fsp3) is 0.118. The summed E-state index contributed by atoms with van der Waals surface area (Å²) in [6, 6.07) is 16.3. The predicted molar refractivity (Wildman–Crippen MR) is 83.8 cm³/mol. The number of rotatable bonds is 3. The van der Waals surface area contributed by atoms with Crippen LogP contribution in [0, 0.1) is 5.82 Å². The van der Waals surface area contributed by atoms with E-state index in [4.69, 9.17) is 17.3 Å². The molecule has 0 saturated heterocycles. The second-order valence-electron chi connectivity index (χ2n) is 4.95. The number of para-hydroxylation sites is 1. The number of pyridine rings is 1. The molecule has 0 radical (unpaired) electrons. The maximum Gasteiger partial charge on any atom is 0.145 e. The van der Waals surface area contributed by atoms with Crippen LogP contribution < -0.4 is 5.73 Å². The molecule has 3 aromatic rings. The molecule has 0 aliphatic heterocycles. The van der Waals surface area contributed by atoms with Gasteiger partial charge in [-0.05, 0) is 30.2 Å². The summed E-state index contributed by atoms with van der Waals surface area (Å²) in [6.07, 6.45) is 0.359. The first kappa shape index (κ1) is 14.0. The van der Waals surface area contributed by atoms with Crippen LogP contribution in [0.15, 0.2) is 54.6 Å². The highest BCUT2D eigenvalue weighted by Gasteiger charge is 2.13. The molecule has 0 amide bonds. The third-order valence-corrected chi connectivity index (χ3v) is 3.76. The van der Waals surface area contributed by atoms with Gasteiger partial charge in [0.1, 0.15) is 5.82 Å². The fourth-order valence-corrected chi connectivity index (χ4v) is 2.53. The van der Waals surface area contributed by atoms with Crippen LogP contribution in [-0.2, 0) is 6.42 Å². The second kappa shape index (κ2) is 5.80. The van der Waals surface area contributed by atoms with E-state index in [2.05, 4.69) is 4.98 Å². The lowest BCUT2D eigenvalue weighted by Crippen LogP contribution is -2.15. The van der Waals surface area contributed by atoms with Gasteiger partial charge in [-0.3, -0.25) is 4.98 Å². The monoisotopic (exact) mass is 300 g/mol. The summed E-state index contributed by atoms with van der Waals surface area (Å²) in [5.74, 6) is -0.407. The molecule has 1 unspecified atom stereocenters. The SMILES string of the molecule is NC(Cc1cccc(Cl)c1F)c1ccc2ccccc2n1. The van der Waals surface area contributed by atoms with Gasteiger partial charge in [-0.25, -0.2) is 4.39 Å². The minimum absolute atomic E-state index is 0.117. The molecule has 0 fully saturated rings. The molecular weight excluding hydrogens is 287 g/mol. The Hall–Kier alpha value is -1.97. The van der Waals surface area contributed by atoms with Crippen molar-refractivity contribution in [1.29, 1.82) is 0 Å². The lowest BCUT2D eigenvalue weighted by molar-refractivity contribution is 0.591. The highest BCUT2D eigenvalue weighted by atomic mass is 35.5. The number of nitrogens with zero attached hydrogens (tertiary/aromatic N) is 1. The van der Waals surface area contributed by atoms with Crippen LogP contribution in [0.25, 0.3) is 10.9 Å². The maximum absolute atomic E-state index is 13.9. The first-order chi connectivity index (χ1) is 10.1. The minimum Gasteiger partial charge on any atom is -0.322 e. The first-order valence-electron chi connectivity index (χ1n) is 6.69. The van der Waals surface area contributed by atoms with E-state index < -0.39 is 5.82 Å². The third-order valence-electron chi connectivity index (χ3n) is 3.47. The van der Waals surface area contributed by atoms with E-state index in [1.54, 1.807) is 12.1 Å². The Balaban J connectivity index is 1.89. The summed E-state index contributed by atoms with van der Waals surface area (Å²) in [5, 5.41) is 1.17. The molecule has 2 aromatic carbocycles. The van der Waals surface area contributed by atoms with Crippen molar-refractivity contribution in [3.8, 4) is 0 Å². The van der Waals surface area contributed by atoms with Crippen LogP contribution in [-0.4, -0.2) is 4.98 Å². The number of nitrogens with two attached hydrogens (primary N) is 1. The zero-order valence-corrected chi connectivity index (χ0v) is 12.0. The zero-order valence-electron chi connectivity index (χ0n) is 11.3. The Morgan fingerprint density at radius 3 is 2.71 bits per heavy atom. The Morgan fingerprint density at radius 2 is 1.86 bits per heavy atom. The smallest absolute Gasteiger partial charge is 0.145 e. The third kappa shape index (κ3) is 2.89. The van der Waals surface area contributed by atoms with Crippen LogP contribution >= 0.6 is 11.6 Å². The van der Waals surface area contributed by atoms with Gasteiger partial charge >= 0.3 is 0 Å². The Bertz CT molecular complexity index is 789. The molecular formula is C17H14ClFN2. The molecule has 0 bridgehead atoms. The topological polar surface area (TPSA) is 38.9 Å². The van der Waals surface area contributed by atoms with Crippen molar-refractivity contribution in [3.05, 3.63) is 76.7 Å². The molecule has 1 aromatic heterocycles. The lowest BCUT2D eigenvalue weighted by atomic mass is 10.0. The number of benzene rings is 2. The summed E-state index contributed by atoms with van der Waals surface area (Å²) in [6.45, 7) is 0. The first-order valence-corrected chi connectivity index (χ1v) is 7.07. The molecule has 1 atom stereocenters. The zero-order chi connectivity index (χ0) is 14.8. The predicted octanol–water partition coefficient (Wildman–Crippen LogP) is 4.27. The van der Waals surface area contributed by atoms with Gasteiger partial charge in [0.25, 0.3) is 0 Å². The van der Waals surface area contributed by atoms with Gasteiger partial charge in [0, 0.05) is 5.39 Å². The van der Waals surface area contributed by atoms with E-state index in [1.165, 1.54) is 6.07 Å². The number of halogens is 2. The van der Waals surface area contributed by atoms with Gasteiger partial charge in [-0.1, -0.05) is 48.0 Å². The summed E-state index contributed by atoms with van der Waals surface area (Å²) in [7, 11) is 0. The van der Waals surface area contributed by atoms with Crippen LogP contribution in [0.3, 0.4) is 0 Å². The average Bonchev–Trinajstić information content (AvgIpc) is 2.51. The lowest BCUT2D eigenvalue weighted by Gasteiger charge is -2.13. The number of fused-ring (bicyclic) bond motifs is 1. The van der Waals surface area contributed by atoms with Gasteiger partial charge in [0.15, 0.2) is 0 Å². The van der Waals surface area contributed by atoms with Crippen molar-refractivity contribution in [2.75, 3.05) is 0 Å². The van der Waals surface area contributed by atoms with E-state index in [-0.39, 0.29) is 11.1 Å². The highest BCUT2D eigenvalue weighted by Crippen LogP contribution is 2.23. The molecule has 1 heterocycles. The van der Waals surface area contributed by atoms with Gasteiger partial charge in [-0.15, -0.1) is 0 Å². The Morgan fingerprint density at radius 1 is 1.05 bits per heavy atom. The van der Waals surface area contributed by atoms with Crippen molar-refractivity contribution < 1.29 is 4.39 Å². The standard InChI is InChI=1S/C17H14ClFN2/c18-13-6-3-5-12(17(13)19)10-14(20)16-9-8-11-4-1-2-7-15(11)21-16/h1-9,14H,10,20H2. The van der Waals surface area contributed by atoms with Gasteiger partial charge in [0.05, 0.1) is 22.3 Å². The Kier molecular flexibility index (Phi) is 3.86. The molecule has 4 heteroatoms. The molecule has 21 heavy (non-hydrogen) atoms. The maximum atomic E-state index is 13.9.